The van der Waals surface area contributed by atoms with Crippen LogP contribution in [-0.2, 0) is 6.42 Å². The first-order valence-corrected chi connectivity index (χ1v) is 6.52. The van der Waals surface area contributed by atoms with Gasteiger partial charge in [0.25, 0.3) is 0 Å². The molecule has 0 aliphatic heterocycles. The van der Waals surface area contributed by atoms with Crippen LogP contribution >= 0.6 is 0 Å². The molecule has 0 saturated carbocycles. The summed E-state index contributed by atoms with van der Waals surface area (Å²) >= 11 is 0. The predicted octanol–water partition coefficient (Wildman–Crippen LogP) is 3.86. The molecule has 0 bridgehead atoms. The summed E-state index contributed by atoms with van der Waals surface area (Å²) in [5.41, 5.74) is 5.11. The number of rotatable bonds is 2. The molecule has 2 aromatic carbocycles. The van der Waals surface area contributed by atoms with E-state index in [1.807, 2.05) is 0 Å². The third-order valence-electron chi connectivity index (χ3n) is 3.73. The molecule has 4 aromatic rings. The van der Waals surface area contributed by atoms with Crippen molar-refractivity contribution in [3.8, 4) is 0 Å². The number of benzene rings is 2. The van der Waals surface area contributed by atoms with Crippen LogP contribution in [0.15, 0.2) is 60.9 Å². The molecule has 0 amide bonds. The van der Waals surface area contributed by atoms with Crippen LogP contribution in [0.5, 0.6) is 0 Å². The second-order valence-electron chi connectivity index (χ2n) is 4.90. The quantitative estimate of drug-likeness (QED) is 0.432. The van der Waals surface area contributed by atoms with Crippen LogP contribution < -0.4 is 0 Å². The van der Waals surface area contributed by atoms with Crippen molar-refractivity contribution in [1.29, 1.82) is 0 Å². The molecule has 4 rings (SSSR count). The van der Waals surface area contributed by atoms with Crippen molar-refractivity contribution in [3.63, 3.8) is 0 Å². The van der Waals surface area contributed by atoms with Gasteiger partial charge in [-0.05, 0) is 23.3 Å². The maximum Gasteiger partial charge on any atom is 0.0456 e. The Morgan fingerprint density at radius 3 is 1.60 bits per heavy atom. The van der Waals surface area contributed by atoms with Crippen molar-refractivity contribution in [2.24, 2.45) is 0 Å². The molecule has 2 heterocycles. The van der Waals surface area contributed by atoms with Gasteiger partial charge >= 0.3 is 0 Å². The fourth-order valence-corrected chi connectivity index (χ4v) is 2.76. The van der Waals surface area contributed by atoms with Crippen LogP contribution in [0.1, 0.15) is 11.1 Å². The van der Waals surface area contributed by atoms with Crippen molar-refractivity contribution >= 4 is 49.1 Å². The van der Waals surface area contributed by atoms with Crippen LogP contribution in [0.2, 0.25) is 0 Å². The van der Waals surface area contributed by atoms with Crippen molar-refractivity contribution < 1.29 is 0 Å². The molecule has 0 saturated heterocycles. The van der Waals surface area contributed by atoms with Gasteiger partial charge in [-0.15, -0.1) is 0 Å². The third kappa shape index (κ3) is 2.18. The molecule has 0 unspecified atom stereocenters. The van der Waals surface area contributed by atoms with E-state index in [0.29, 0.717) is 0 Å². The Bertz CT molecular complexity index is 785. The van der Waals surface area contributed by atoms with Gasteiger partial charge in [-0.2, -0.15) is 0 Å². The van der Waals surface area contributed by atoms with E-state index < -0.39 is 0 Å². The second kappa shape index (κ2) is 5.44. The average Bonchev–Trinajstić information content (AvgIpc) is 3.05. The summed E-state index contributed by atoms with van der Waals surface area (Å²) in [7, 11) is 0. The largest absolute Gasteiger partial charge is 0.361 e. The molecule has 4 radical (unpaired) electrons. The normalized spacial score (nSPS) is 10.8. The van der Waals surface area contributed by atoms with Crippen LogP contribution in [0.25, 0.3) is 21.8 Å². The van der Waals surface area contributed by atoms with Gasteiger partial charge in [0.1, 0.15) is 0 Å². The second-order valence-corrected chi connectivity index (χ2v) is 4.90. The zero-order valence-corrected chi connectivity index (χ0v) is 14.9. The van der Waals surface area contributed by atoms with Crippen LogP contribution in [0.4, 0.5) is 0 Å². The minimum Gasteiger partial charge on any atom is -0.361 e. The van der Waals surface area contributed by atoms with Gasteiger partial charge in [0.2, 0.25) is 0 Å². The minimum atomic E-state index is 0. The molecule has 0 fully saturated rings. The van der Waals surface area contributed by atoms with Crippen molar-refractivity contribution in [3.05, 3.63) is 72.1 Å². The molecule has 96 valence electrons. The number of hydrogen-bond acceptors (Lipinski definition) is 0. The fraction of sp³-hybridized carbons (Fsp3) is 0.0588. The zero-order valence-electron chi connectivity index (χ0n) is 11.0. The van der Waals surface area contributed by atoms with E-state index in [1.54, 1.807) is 0 Å². The molecular formula is C17H14N2Pb. The Hall–Kier alpha value is -1.56. The van der Waals surface area contributed by atoms with Crippen molar-refractivity contribution in [2.45, 2.75) is 6.42 Å². The maximum atomic E-state index is 3.34. The third-order valence-corrected chi connectivity index (χ3v) is 3.73. The van der Waals surface area contributed by atoms with Gasteiger partial charge in [-0.1, -0.05) is 36.4 Å². The average molecular weight is 454 g/mol. The number of fused-ring (bicyclic) bond motifs is 2. The van der Waals surface area contributed by atoms with Gasteiger partial charge in [0.15, 0.2) is 0 Å². The summed E-state index contributed by atoms with van der Waals surface area (Å²) in [6, 6.07) is 16.9. The molecule has 2 N–H and O–H groups in total. The number of nitrogens with one attached hydrogen (secondary N) is 2. The Morgan fingerprint density at radius 1 is 0.650 bits per heavy atom. The monoisotopic (exact) mass is 454 g/mol. The summed E-state index contributed by atoms with van der Waals surface area (Å²) in [6.07, 6.45) is 5.19. The first kappa shape index (κ1) is 13.4. The molecule has 0 atom stereocenters. The number of H-pyrrole nitrogens is 2. The fourth-order valence-electron chi connectivity index (χ4n) is 2.76. The Morgan fingerprint density at radius 2 is 1.10 bits per heavy atom. The van der Waals surface area contributed by atoms with Gasteiger partial charge < -0.3 is 9.97 Å². The molecule has 0 aliphatic carbocycles. The summed E-state index contributed by atoms with van der Waals surface area (Å²) in [6.45, 7) is 0. The Balaban J connectivity index is 0.00000121. The molecule has 2 aromatic heterocycles. The first-order chi connectivity index (χ1) is 9.42. The Labute approximate surface area is 137 Å². The predicted molar refractivity (Wildman–Crippen MR) is 85.2 cm³/mol. The van der Waals surface area contributed by atoms with Crippen LogP contribution in [-0.4, -0.2) is 37.3 Å². The van der Waals surface area contributed by atoms with E-state index in [0.717, 1.165) is 6.42 Å². The first-order valence-electron chi connectivity index (χ1n) is 6.52. The zero-order chi connectivity index (χ0) is 12.7. The smallest absolute Gasteiger partial charge is 0.0456 e. The van der Waals surface area contributed by atoms with E-state index in [2.05, 4.69) is 70.9 Å². The summed E-state index contributed by atoms with van der Waals surface area (Å²) in [5, 5.41) is 2.63. The topological polar surface area (TPSA) is 31.6 Å². The van der Waals surface area contributed by atoms with E-state index >= 15 is 0 Å². The number of hydrogen-bond donors (Lipinski definition) is 2. The standard InChI is InChI=1S/C17H14N2.Pb/c1-3-7-16-14(5-1)12(10-18-16)9-13-11-19-17-8-4-2-6-15(13)17;/h1-8,10-11,18-19H,9H2;. The number of aromatic amines is 2. The Kier molecular flexibility index (Phi) is 3.65. The summed E-state index contributed by atoms with van der Waals surface area (Å²) in [5.74, 6) is 0. The molecule has 20 heavy (non-hydrogen) atoms. The summed E-state index contributed by atoms with van der Waals surface area (Å²) < 4.78 is 0. The van der Waals surface area contributed by atoms with Crippen molar-refractivity contribution in [2.75, 3.05) is 0 Å². The molecular weight excluding hydrogens is 439 g/mol. The molecule has 3 heteroatoms. The van der Waals surface area contributed by atoms with E-state index in [9.17, 15) is 0 Å². The molecule has 0 spiro atoms. The van der Waals surface area contributed by atoms with Crippen molar-refractivity contribution in [1.82, 2.24) is 9.97 Å². The van der Waals surface area contributed by atoms with E-state index in [4.69, 9.17) is 0 Å². The molecule has 2 nitrogen and oxygen atoms in total. The number of para-hydroxylation sites is 2. The summed E-state index contributed by atoms with van der Waals surface area (Å²) in [4.78, 5) is 6.68. The van der Waals surface area contributed by atoms with Gasteiger partial charge in [-0.3, -0.25) is 0 Å². The van der Waals surface area contributed by atoms with E-state index in [1.165, 1.54) is 32.9 Å². The van der Waals surface area contributed by atoms with E-state index in [-0.39, 0.29) is 27.3 Å². The van der Waals surface area contributed by atoms with Gasteiger partial charge in [0, 0.05) is 67.9 Å². The maximum absolute atomic E-state index is 3.34. The van der Waals surface area contributed by atoms with Crippen LogP contribution in [0, 0.1) is 0 Å². The molecule has 0 aliphatic rings. The number of aromatic nitrogens is 2. The van der Waals surface area contributed by atoms with Gasteiger partial charge in [0.05, 0.1) is 0 Å². The minimum absolute atomic E-state index is 0. The van der Waals surface area contributed by atoms with Crippen LogP contribution in [0.3, 0.4) is 0 Å². The SMILES string of the molecule is [Pb].c1ccc2c(Cc3c[nH]c4ccccc34)c[nH]c2c1. The van der Waals surface area contributed by atoms with Gasteiger partial charge in [-0.25, -0.2) is 0 Å².